The normalized spacial score (nSPS) is 18.9. The molecule has 1 N–H and O–H groups in total. The number of nitrogens with one attached hydrogen (secondary N) is 1. The van der Waals surface area contributed by atoms with E-state index in [1.54, 1.807) is 0 Å². The summed E-state index contributed by atoms with van der Waals surface area (Å²) in [6.07, 6.45) is 2.78. The number of hydrogen-bond acceptors (Lipinski definition) is 2. The molecule has 27 heavy (non-hydrogen) atoms. The van der Waals surface area contributed by atoms with Crippen molar-refractivity contribution in [2.45, 2.75) is 32.4 Å². The van der Waals surface area contributed by atoms with Crippen molar-refractivity contribution in [1.82, 2.24) is 14.8 Å². The number of halogens is 2. The maximum atomic E-state index is 3.50. The van der Waals surface area contributed by atoms with Crippen molar-refractivity contribution in [2.24, 2.45) is 5.92 Å². The third kappa shape index (κ3) is 3.58. The lowest BCUT2D eigenvalue weighted by Crippen LogP contribution is -2.45. The lowest BCUT2D eigenvalue weighted by molar-refractivity contribution is 0.156. The van der Waals surface area contributed by atoms with Crippen LogP contribution in [0, 0.1) is 5.92 Å². The van der Waals surface area contributed by atoms with Crippen LogP contribution < -0.4 is 5.32 Å². The average molecular weight is 406 g/mol. The van der Waals surface area contributed by atoms with Gasteiger partial charge in [-0.3, -0.25) is 4.90 Å². The van der Waals surface area contributed by atoms with Gasteiger partial charge in [0.05, 0.1) is 0 Å². The first kappa shape index (κ1) is 20.5. The van der Waals surface area contributed by atoms with Crippen molar-refractivity contribution >= 4 is 46.6 Å². The number of aryl methyl sites for hydroxylation is 1. The molecule has 0 unspecified atom stereocenters. The SMILES string of the molecule is CCn1c2ccccc2c2cc([C@H](C3CC3)N3CCNCC3)ccc21.Cl.Cl. The Hall–Kier alpha value is -1.26. The molecule has 1 aliphatic heterocycles. The number of fused-ring (bicyclic) bond motifs is 3. The van der Waals surface area contributed by atoms with E-state index in [4.69, 9.17) is 0 Å². The number of nitrogens with zero attached hydrogens (tertiary/aromatic N) is 2. The van der Waals surface area contributed by atoms with Crippen molar-refractivity contribution in [3.05, 3.63) is 48.0 Å². The van der Waals surface area contributed by atoms with Crippen molar-refractivity contribution in [3.63, 3.8) is 0 Å². The number of para-hydroxylation sites is 1. The molecule has 5 rings (SSSR count). The lowest BCUT2D eigenvalue weighted by Gasteiger charge is -2.35. The molecule has 1 aliphatic carbocycles. The Labute approximate surface area is 173 Å². The van der Waals surface area contributed by atoms with Crippen molar-refractivity contribution in [1.29, 1.82) is 0 Å². The van der Waals surface area contributed by atoms with Crippen molar-refractivity contribution in [2.75, 3.05) is 26.2 Å². The highest BCUT2D eigenvalue weighted by Crippen LogP contribution is 2.45. The van der Waals surface area contributed by atoms with Crippen LogP contribution in [0.25, 0.3) is 21.8 Å². The molecule has 1 saturated carbocycles. The second-order valence-electron chi connectivity index (χ2n) is 7.61. The molecular weight excluding hydrogens is 377 g/mol. The van der Waals surface area contributed by atoms with Crippen LogP contribution in [-0.4, -0.2) is 35.6 Å². The predicted molar refractivity (Wildman–Crippen MR) is 120 cm³/mol. The Morgan fingerprint density at radius 3 is 2.37 bits per heavy atom. The molecule has 1 saturated heterocycles. The molecule has 1 atom stereocenters. The van der Waals surface area contributed by atoms with Crippen LogP contribution in [0.5, 0.6) is 0 Å². The van der Waals surface area contributed by atoms with E-state index in [2.05, 4.69) is 64.2 Å². The highest BCUT2D eigenvalue weighted by atomic mass is 35.5. The molecule has 3 aromatic rings. The topological polar surface area (TPSA) is 20.2 Å². The van der Waals surface area contributed by atoms with Crippen LogP contribution in [0.2, 0.25) is 0 Å². The highest BCUT2D eigenvalue weighted by molar-refractivity contribution is 6.08. The molecule has 5 heteroatoms. The smallest absolute Gasteiger partial charge is 0.0491 e. The van der Waals surface area contributed by atoms with E-state index < -0.39 is 0 Å². The van der Waals surface area contributed by atoms with E-state index in [0.717, 1.165) is 25.6 Å². The quantitative estimate of drug-likeness (QED) is 0.657. The van der Waals surface area contributed by atoms with Gasteiger partial charge >= 0.3 is 0 Å². The zero-order valence-corrected chi connectivity index (χ0v) is 17.5. The van der Waals surface area contributed by atoms with Gasteiger partial charge in [-0.05, 0) is 49.4 Å². The van der Waals surface area contributed by atoms with E-state index in [1.807, 2.05) is 0 Å². The van der Waals surface area contributed by atoms with E-state index in [1.165, 1.54) is 53.3 Å². The van der Waals surface area contributed by atoms with E-state index in [9.17, 15) is 0 Å². The third-order valence-corrected chi connectivity index (χ3v) is 6.07. The summed E-state index contributed by atoms with van der Waals surface area (Å²) in [5, 5.41) is 6.33. The summed E-state index contributed by atoms with van der Waals surface area (Å²) in [7, 11) is 0. The van der Waals surface area contributed by atoms with Gasteiger partial charge in [0.2, 0.25) is 0 Å². The highest BCUT2D eigenvalue weighted by Gasteiger charge is 2.36. The summed E-state index contributed by atoms with van der Waals surface area (Å²) in [6, 6.07) is 16.7. The van der Waals surface area contributed by atoms with Gasteiger partial charge in [0.15, 0.2) is 0 Å². The summed E-state index contributed by atoms with van der Waals surface area (Å²) in [5.41, 5.74) is 4.26. The van der Waals surface area contributed by atoms with Gasteiger partial charge in [-0.15, -0.1) is 24.8 Å². The van der Waals surface area contributed by atoms with Crippen LogP contribution in [0.4, 0.5) is 0 Å². The maximum Gasteiger partial charge on any atom is 0.0491 e. The van der Waals surface area contributed by atoms with Gasteiger partial charge in [-0.2, -0.15) is 0 Å². The Morgan fingerprint density at radius 2 is 1.67 bits per heavy atom. The molecule has 0 spiro atoms. The molecule has 0 bridgehead atoms. The Kier molecular flexibility index (Phi) is 6.37. The Morgan fingerprint density at radius 1 is 0.963 bits per heavy atom. The lowest BCUT2D eigenvalue weighted by atomic mass is 9.97. The van der Waals surface area contributed by atoms with Crippen molar-refractivity contribution in [3.8, 4) is 0 Å². The molecule has 0 radical (unpaired) electrons. The molecule has 146 valence electrons. The molecule has 2 aromatic carbocycles. The minimum atomic E-state index is 0. The van der Waals surface area contributed by atoms with Crippen LogP contribution >= 0.6 is 24.8 Å². The van der Waals surface area contributed by atoms with Gasteiger partial charge in [0.1, 0.15) is 0 Å². The van der Waals surface area contributed by atoms with Gasteiger partial charge in [0.25, 0.3) is 0 Å². The van der Waals surface area contributed by atoms with Crippen LogP contribution in [0.3, 0.4) is 0 Å². The second kappa shape index (κ2) is 8.40. The summed E-state index contributed by atoms with van der Waals surface area (Å²) >= 11 is 0. The largest absolute Gasteiger partial charge is 0.341 e. The number of rotatable bonds is 4. The minimum absolute atomic E-state index is 0. The van der Waals surface area contributed by atoms with E-state index in [0.29, 0.717) is 6.04 Å². The Balaban J connectivity index is 0.00000105. The molecule has 2 aliphatic rings. The van der Waals surface area contributed by atoms with E-state index in [-0.39, 0.29) is 24.8 Å². The fourth-order valence-corrected chi connectivity index (χ4v) is 4.75. The van der Waals surface area contributed by atoms with E-state index >= 15 is 0 Å². The zero-order valence-electron chi connectivity index (χ0n) is 15.9. The number of benzene rings is 2. The van der Waals surface area contributed by atoms with Crippen molar-refractivity contribution < 1.29 is 0 Å². The van der Waals surface area contributed by atoms with Crippen LogP contribution in [0.15, 0.2) is 42.5 Å². The third-order valence-electron chi connectivity index (χ3n) is 6.07. The summed E-state index contributed by atoms with van der Waals surface area (Å²) in [6.45, 7) is 7.87. The standard InChI is InChI=1S/C22H27N3.2ClH/c1-2-25-20-6-4-3-5-18(20)19-15-17(9-10-21(19)25)22(16-7-8-16)24-13-11-23-12-14-24;;/h3-6,9-10,15-16,22-23H,2,7-8,11-14H2,1H3;2*1H/t22-;;/m0../s1. The Bertz CT molecular complexity index is 910. The fraction of sp³-hybridized carbons (Fsp3) is 0.455. The first-order valence-electron chi connectivity index (χ1n) is 9.82. The number of hydrogen-bond donors (Lipinski definition) is 1. The van der Waals surface area contributed by atoms with Crippen LogP contribution in [-0.2, 0) is 6.54 Å². The monoisotopic (exact) mass is 405 g/mol. The molecule has 2 fully saturated rings. The zero-order chi connectivity index (χ0) is 16.8. The fourth-order valence-electron chi connectivity index (χ4n) is 4.75. The molecule has 1 aromatic heterocycles. The number of piperazine rings is 1. The molecule has 0 amide bonds. The first-order valence-corrected chi connectivity index (χ1v) is 9.82. The summed E-state index contributed by atoms with van der Waals surface area (Å²) < 4.78 is 2.45. The predicted octanol–water partition coefficient (Wildman–Crippen LogP) is 5.01. The molecule has 3 nitrogen and oxygen atoms in total. The number of aromatic nitrogens is 1. The second-order valence-corrected chi connectivity index (χ2v) is 7.61. The summed E-state index contributed by atoms with van der Waals surface area (Å²) in [4.78, 5) is 2.72. The van der Waals surface area contributed by atoms with Gasteiger partial charge in [-0.1, -0.05) is 24.3 Å². The molecular formula is C22H29Cl2N3. The molecule has 2 heterocycles. The van der Waals surface area contributed by atoms with Gasteiger partial charge in [0, 0.05) is 60.6 Å². The summed E-state index contributed by atoms with van der Waals surface area (Å²) in [5.74, 6) is 0.857. The van der Waals surface area contributed by atoms with Gasteiger partial charge in [-0.25, -0.2) is 0 Å². The van der Waals surface area contributed by atoms with Gasteiger partial charge < -0.3 is 9.88 Å². The minimum Gasteiger partial charge on any atom is -0.341 e. The van der Waals surface area contributed by atoms with Crippen LogP contribution in [0.1, 0.15) is 31.4 Å². The maximum absolute atomic E-state index is 3.50. The first-order chi connectivity index (χ1) is 12.4. The average Bonchev–Trinajstić information content (AvgIpc) is 3.44.